The molecule has 1 N–H and O–H groups in total. The van der Waals surface area contributed by atoms with Gasteiger partial charge in [-0.1, -0.05) is 25.5 Å². The highest BCUT2D eigenvalue weighted by molar-refractivity contribution is 6.24. The third-order valence-electron chi connectivity index (χ3n) is 4.26. The Balaban J connectivity index is 1.71. The molecule has 0 spiro atoms. The van der Waals surface area contributed by atoms with E-state index in [4.69, 9.17) is 4.74 Å². The summed E-state index contributed by atoms with van der Waals surface area (Å²) in [6, 6.07) is 15.8. The van der Waals surface area contributed by atoms with Gasteiger partial charge >= 0.3 is 0 Å². The maximum atomic E-state index is 12.3. The number of rotatable bonds is 7. The van der Waals surface area contributed by atoms with Gasteiger partial charge in [-0.3, -0.25) is 4.79 Å². The fourth-order valence-corrected chi connectivity index (χ4v) is 2.89. The summed E-state index contributed by atoms with van der Waals surface area (Å²) in [6.45, 7) is 4.91. The SMILES string of the molecule is CCCCc1ccc(NC2=NCC(=O)N2c2ccc(OCC)cc2)cc1. The lowest BCUT2D eigenvalue weighted by Gasteiger charge is -2.20. The van der Waals surface area contributed by atoms with Gasteiger partial charge in [0.1, 0.15) is 12.3 Å². The summed E-state index contributed by atoms with van der Waals surface area (Å²) >= 11 is 0. The summed E-state index contributed by atoms with van der Waals surface area (Å²) in [6.07, 6.45) is 3.48. The van der Waals surface area contributed by atoms with E-state index in [1.54, 1.807) is 4.90 Å². The molecule has 0 atom stereocenters. The summed E-state index contributed by atoms with van der Waals surface area (Å²) in [5.41, 5.74) is 3.03. The smallest absolute Gasteiger partial charge is 0.255 e. The van der Waals surface area contributed by atoms with Crippen LogP contribution < -0.4 is 15.0 Å². The van der Waals surface area contributed by atoms with Gasteiger partial charge in [0.2, 0.25) is 5.96 Å². The number of carbonyl (C=O) groups is 1. The van der Waals surface area contributed by atoms with Crippen LogP contribution in [0.3, 0.4) is 0 Å². The summed E-state index contributed by atoms with van der Waals surface area (Å²) in [5, 5.41) is 3.27. The second-order valence-corrected chi connectivity index (χ2v) is 6.22. The van der Waals surface area contributed by atoms with Crippen LogP contribution in [0, 0.1) is 0 Å². The number of unbranched alkanes of at least 4 members (excludes halogenated alkanes) is 1. The van der Waals surface area contributed by atoms with Crippen LogP contribution in [0.4, 0.5) is 11.4 Å². The standard InChI is InChI=1S/C21H25N3O2/c1-3-5-6-16-7-9-17(10-8-16)23-21-22-15-20(25)24(21)18-11-13-19(14-12-18)26-4-2/h7-14H,3-6,15H2,1-2H3,(H,22,23). The van der Waals surface area contributed by atoms with Crippen molar-refractivity contribution in [3.8, 4) is 5.75 Å². The molecule has 0 saturated heterocycles. The fourth-order valence-electron chi connectivity index (χ4n) is 2.89. The average molecular weight is 351 g/mol. The Morgan fingerprint density at radius 2 is 1.81 bits per heavy atom. The zero-order valence-corrected chi connectivity index (χ0v) is 15.4. The Morgan fingerprint density at radius 3 is 2.46 bits per heavy atom. The Bertz CT molecular complexity index is 767. The number of nitrogens with one attached hydrogen (secondary N) is 1. The van der Waals surface area contributed by atoms with E-state index in [2.05, 4.69) is 29.4 Å². The van der Waals surface area contributed by atoms with E-state index in [0.717, 1.165) is 23.5 Å². The summed E-state index contributed by atoms with van der Waals surface area (Å²) in [5.74, 6) is 1.30. The van der Waals surface area contributed by atoms with Crippen LogP contribution in [0.5, 0.6) is 5.75 Å². The van der Waals surface area contributed by atoms with Crippen LogP contribution in [0.1, 0.15) is 32.3 Å². The number of carbonyl (C=O) groups excluding carboxylic acids is 1. The lowest BCUT2D eigenvalue weighted by Crippen LogP contribution is -2.36. The number of aryl methyl sites for hydroxylation is 1. The molecular formula is C21H25N3O2. The van der Waals surface area contributed by atoms with Crippen LogP contribution in [0.25, 0.3) is 0 Å². The number of hydrogen-bond donors (Lipinski definition) is 1. The van der Waals surface area contributed by atoms with Crippen molar-refractivity contribution in [3.63, 3.8) is 0 Å². The van der Waals surface area contributed by atoms with E-state index in [-0.39, 0.29) is 12.5 Å². The molecule has 2 aromatic carbocycles. The number of anilines is 2. The molecule has 1 aliphatic rings. The van der Waals surface area contributed by atoms with Crippen LogP contribution in [-0.4, -0.2) is 25.0 Å². The first kappa shape index (κ1) is 18.0. The van der Waals surface area contributed by atoms with E-state index in [1.165, 1.54) is 18.4 Å². The largest absolute Gasteiger partial charge is 0.494 e. The number of nitrogens with zero attached hydrogens (tertiary/aromatic N) is 2. The molecule has 0 saturated carbocycles. The first-order valence-corrected chi connectivity index (χ1v) is 9.17. The highest BCUT2D eigenvalue weighted by Gasteiger charge is 2.27. The third kappa shape index (κ3) is 4.23. The first-order valence-electron chi connectivity index (χ1n) is 9.17. The van der Waals surface area contributed by atoms with Crippen LogP contribution in [0.2, 0.25) is 0 Å². The zero-order chi connectivity index (χ0) is 18.4. The molecule has 1 heterocycles. The van der Waals surface area contributed by atoms with E-state index in [1.807, 2.05) is 43.3 Å². The quantitative estimate of drug-likeness (QED) is 0.812. The molecule has 1 aliphatic heterocycles. The maximum absolute atomic E-state index is 12.3. The number of hydrogen-bond acceptors (Lipinski definition) is 4. The topological polar surface area (TPSA) is 53.9 Å². The van der Waals surface area contributed by atoms with Crippen LogP contribution >= 0.6 is 0 Å². The second kappa shape index (κ2) is 8.52. The number of amides is 1. The predicted octanol–water partition coefficient (Wildman–Crippen LogP) is 4.24. The maximum Gasteiger partial charge on any atom is 0.255 e. The third-order valence-corrected chi connectivity index (χ3v) is 4.26. The van der Waals surface area contributed by atoms with E-state index in [0.29, 0.717) is 12.6 Å². The molecule has 1 amide bonds. The highest BCUT2D eigenvalue weighted by Crippen LogP contribution is 2.23. The first-order chi connectivity index (χ1) is 12.7. The van der Waals surface area contributed by atoms with Gasteiger partial charge < -0.3 is 10.1 Å². The molecule has 3 rings (SSSR count). The molecule has 136 valence electrons. The average Bonchev–Trinajstić information content (AvgIpc) is 3.02. The summed E-state index contributed by atoms with van der Waals surface area (Å²) in [4.78, 5) is 18.3. The normalized spacial score (nSPS) is 13.7. The molecule has 0 aromatic heterocycles. The van der Waals surface area contributed by atoms with Crippen molar-refractivity contribution in [2.75, 3.05) is 23.4 Å². The molecule has 0 bridgehead atoms. The van der Waals surface area contributed by atoms with Gasteiger partial charge in [0.15, 0.2) is 0 Å². The summed E-state index contributed by atoms with van der Waals surface area (Å²) < 4.78 is 5.46. The van der Waals surface area contributed by atoms with Gasteiger partial charge in [0.25, 0.3) is 5.91 Å². The van der Waals surface area contributed by atoms with Gasteiger partial charge in [0.05, 0.1) is 12.3 Å². The molecule has 0 aliphatic carbocycles. The molecule has 2 aromatic rings. The predicted molar refractivity (Wildman–Crippen MR) is 106 cm³/mol. The van der Waals surface area contributed by atoms with Crippen molar-refractivity contribution in [2.24, 2.45) is 4.99 Å². The number of guanidine groups is 1. The van der Waals surface area contributed by atoms with Crippen molar-refractivity contribution in [1.82, 2.24) is 0 Å². The monoisotopic (exact) mass is 351 g/mol. The van der Waals surface area contributed by atoms with Crippen molar-refractivity contribution < 1.29 is 9.53 Å². The number of benzene rings is 2. The lowest BCUT2D eigenvalue weighted by atomic mass is 10.1. The van der Waals surface area contributed by atoms with E-state index < -0.39 is 0 Å². The number of aliphatic imine (C=N–C) groups is 1. The lowest BCUT2D eigenvalue weighted by molar-refractivity contribution is -0.115. The minimum absolute atomic E-state index is 0.0452. The van der Waals surface area contributed by atoms with Gasteiger partial charge in [-0.15, -0.1) is 0 Å². The molecule has 5 nitrogen and oxygen atoms in total. The van der Waals surface area contributed by atoms with Crippen LogP contribution in [0.15, 0.2) is 53.5 Å². The van der Waals surface area contributed by atoms with E-state index in [9.17, 15) is 4.79 Å². The van der Waals surface area contributed by atoms with Gasteiger partial charge in [-0.25, -0.2) is 9.89 Å². The molecule has 0 radical (unpaired) electrons. The van der Waals surface area contributed by atoms with Crippen molar-refractivity contribution in [3.05, 3.63) is 54.1 Å². The minimum Gasteiger partial charge on any atom is -0.494 e. The Kier molecular flexibility index (Phi) is 5.89. The summed E-state index contributed by atoms with van der Waals surface area (Å²) in [7, 11) is 0. The van der Waals surface area contributed by atoms with Crippen molar-refractivity contribution >= 4 is 23.2 Å². The molecule has 5 heteroatoms. The van der Waals surface area contributed by atoms with E-state index >= 15 is 0 Å². The highest BCUT2D eigenvalue weighted by atomic mass is 16.5. The van der Waals surface area contributed by atoms with Crippen LogP contribution in [-0.2, 0) is 11.2 Å². The fraction of sp³-hybridized carbons (Fsp3) is 0.333. The number of ether oxygens (including phenoxy) is 1. The zero-order valence-electron chi connectivity index (χ0n) is 15.4. The molecule has 26 heavy (non-hydrogen) atoms. The van der Waals surface area contributed by atoms with Gasteiger partial charge in [-0.05, 0) is 61.7 Å². The Morgan fingerprint density at radius 1 is 1.08 bits per heavy atom. The molecular weight excluding hydrogens is 326 g/mol. The Hall–Kier alpha value is -2.82. The Labute approximate surface area is 154 Å². The van der Waals surface area contributed by atoms with Crippen molar-refractivity contribution in [2.45, 2.75) is 33.1 Å². The van der Waals surface area contributed by atoms with Gasteiger partial charge in [0, 0.05) is 5.69 Å². The second-order valence-electron chi connectivity index (χ2n) is 6.22. The van der Waals surface area contributed by atoms with Crippen molar-refractivity contribution in [1.29, 1.82) is 0 Å². The molecule has 0 fully saturated rings. The minimum atomic E-state index is -0.0452. The molecule has 0 unspecified atom stereocenters. The van der Waals surface area contributed by atoms with Gasteiger partial charge in [-0.2, -0.15) is 0 Å².